The minimum atomic E-state index is -0.617. The molecule has 4 atom stereocenters. The third kappa shape index (κ3) is 3.97. The average Bonchev–Trinajstić information content (AvgIpc) is 3.23. The number of amides is 1. The first-order valence-corrected chi connectivity index (χ1v) is 11.3. The smallest absolute Gasteiger partial charge is 0.257 e. The molecule has 0 radical (unpaired) electrons. The molecule has 7 heteroatoms. The molecular formula is C26H28N2O5. The maximum atomic E-state index is 13.3. The number of carbonyl (C=O) groups excluding carboxylic acids is 1. The largest absolute Gasteiger partial charge is 0.506 e. The Kier molecular flexibility index (Phi) is 5.58. The quantitative estimate of drug-likeness (QED) is 0.634. The van der Waals surface area contributed by atoms with Gasteiger partial charge in [-0.15, -0.1) is 0 Å². The van der Waals surface area contributed by atoms with Crippen molar-refractivity contribution in [2.45, 2.75) is 32.0 Å². The number of nitrogens with zero attached hydrogens (tertiary/aromatic N) is 2. The van der Waals surface area contributed by atoms with E-state index in [9.17, 15) is 15.0 Å². The number of pyridine rings is 1. The third-order valence-electron chi connectivity index (χ3n) is 6.99. The predicted octanol–water partition coefficient (Wildman–Crippen LogP) is 3.55. The van der Waals surface area contributed by atoms with Gasteiger partial charge in [0.15, 0.2) is 11.5 Å². The Balaban J connectivity index is 1.31. The van der Waals surface area contributed by atoms with Crippen molar-refractivity contribution >= 4 is 16.7 Å². The van der Waals surface area contributed by atoms with Gasteiger partial charge in [0.2, 0.25) is 0 Å². The lowest BCUT2D eigenvalue weighted by Gasteiger charge is -2.35. The highest BCUT2D eigenvalue weighted by molar-refractivity contribution is 6.03. The monoisotopic (exact) mass is 448 g/mol. The number of phenols is 1. The molecule has 172 valence electrons. The Morgan fingerprint density at radius 2 is 1.88 bits per heavy atom. The molecule has 0 bridgehead atoms. The molecule has 0 spiro atoms. The standard InChI is InChI=1S/C26H28N2O5/c1-15-3-6-22(24(9-15)32-2)33-23-11-18-14-28(13-17(18)10-21(23)29)26(31)20-5-4-16-12-27-8-7-19(16)25(20)30/h3-9,12,17-18,21,23,29-30H,10-11,13-14H2,1-2H3/t17-,18+,21+,23+/m0/s1. The van der Waals surface area contributed by atoms with Gasteiger partial charge in [0.05, 0.1) is 18.8 Å². The van der Waals surface area contributed by atoms with Crippen LogP contribution in [0.1, 0.15) is 28.8 Å². The summed E-state index contributed by atoms with van der Waals surface area (Å²) < 4.78 is 11.6. The number of likely N-dealkylation sites (tertiary alicyclic amines) is 1. The number of aromatic nitrogens is 1. The molecule has 0 unspecified atom stereocenters. The number of aliphatic hydroxyl groups excluding tert-OH is 1. The highest BCUT2D eigenvalue weighted by atomic mass is 16.5. The van der Waals surface area contributed by atoms with Crippen LogP contribution < -0.4 is 9.47 Å². The van der Waals surface area contributed by atoms with E-state index in [0.717, 1.165) is 10.9 Å². The number of ether oxygens (including phenoxy) is 2. The number of phenolic OH excluding ortho intramolecular Hbond substituents is 1. The zero-order valence-electron chi connectivity index (χ0n) is 18.8. The summed E-state index contributed by atoms with van der Waals surface area (Å²) in [6.45, 7) is 3.13. The topological polar surface area (TPSA) is 92.1 Å². The van der Waals surface area contributed by atoms with Gasteiger partial charge >= 0.3 is 0 Å². The van der Waals surface area contributed by atoms with E-state index in [1.807, 2.05) is 25.1 Å². The first-order valence-electron chi connectivity index (χ1n) is 11.3. The number of aryl methyl sites for hydroxylation is 1. The van der Waals surface area contributed by atoms with Crippen LogP contribution in [-0.2, 0) is 0 Å². The molecule has 2 aliphatic rings. The lowest BCUT2D eigenvalue weighted by atomic mass is 9.78. The number of fused-ring (bicyclic) bond motifs is 2. The Morgan fingerprint density at radius 3 is 2.67 bits per heavy atom. The predicted molar refractivity (Wildman–Crippen MR) is 124 cm³/mol. The van der Waals surface area contributed by atoms with Crippen molar-refractivity contribution in [1.82, 2.24) is 9.88 Å². The van der Waals surface area contributed by atoms with Gasteiger partial charge in [-0.1, -0.05) is 12.1 Å². The highest BCUT2D eigenvalue weighted by Gasteiger charge is 2.44. The fraction of sp³-hybridized carbons (Fsp3) is 0.385. The van der Waals surface area contributed by atoms with Crippen LogP contribution in [0.2, 0.25) is 0 Å². The number of benzene rings is 2. The summed E-state index contributed by atoms with van der Waals surface area (Å²) >= 11 is 0. The average molecular weight is 449 g/mol. The summed E-state index contributed by atoms with van der Waals surface area (Å²) in [6.07, 6.45) is 3.52. The summed E-state index contributed by atoms with van der Waals surface area (Å²) in [6, 6.07) is 10.9. The molecule has 1 aliphatic heterocycles. The maximum absolute atomic E-state index is 13.3. The van der Waals surface area contributed by atoms with E-state index in [2.05, 4.69) is 4.98 Å². The van der Waals surface area contributed by atoms with Gasteiger partial charge in [-0.3, -0.25) is 9.78 Å². The number of hydrogen-bond donors (Lipinski definition) is 2. The lowest BCUT2D eigenvalue weighted by molar-refractivity contribution is -0.0240. The molecule has 3 aromatic rings. The van der Waals surface area contributed by atoms with Crippen LogP contribution in [0.4, 0.5) is 0 Å². The normalized spacial score (nSPS) is 24.5. The molecule has 2 fully saturated rings. The summed E-state index contributed by atoms with van der Waals surface area (Å²) in [5.74, 6) is 1.50. The first-order chi connectivity index (χ1) is 15.9. The molecular weight excluding hydrogens is 420 g/mol. The van der Waals surface area contributed by atoms with Crippen LogP contribution in [0, 0.1) is 18.8 Å². The summed E-state index contributed by atoms with van der Waals surface area (Å²) in [5, 5.41) is 22.9. The van der Waals surface area contributed by atoms with E-state index in [1.54, 1.807) is 42.6 Å². The molecule has 7 nitrogen and oxygen atoms in total. The van der Waals surface area contributed by atoms with E-state index in [0.29, 0.717) is 48.4 Å². The molecule has 2 N–H and O–H groups in total. The molecule has 2 aromatic carbocycles. The molecule has 1 aromatic heterocycles. The summed E-state index contributed by atoms with van der Waals surface area (Å²) in [7, 11) is 1.61. The molecule has 33 heavy (non-hydrogen) atoms. The number of methoxy groups -OCH3 is 1. The molecule has 2 heterocycles. The molecule has 1 amide bonds. The number of aromatic hydroxyl groups is 1. The van der Waals surface area contributed by atoms with Crippen LogP contribution >= 0.6 is 0 Å². The van der Waals surface area contributed by atoms with Crippen LogP contribution in [0.5, 0.6) is 17.2 Å². The second-order valence-corrected chi connectivity index (χ2v) is 9.14. The van der Waals surface area contributed by atoms with Crippen molar-refractivity contribution in [3.05, 3.63) is 59.9 Å². The Hall–Kier alpha value is -3.32. The molecule has 5 rings (SSSR count). The Bertz CT molecular complexity index is 1200. The number of hydrogen-bond acceptors (Lipinski definition) is 6. The highest BCUT2D eigenvalue weighted by Crippen LogP contribution is 2.40. The number of aliphatic hydroxyl groups is 1. The van der Waals surface area contributed by atoms with Crippen molar-refractivity contribution in [2.24, 2.45) is 11.8 Å². The van der Waals surface area contributed by atoms with Crippen molar-refractivity contribution in [2.75, 3.05) is 20.2 Å². The number of rotatable bonds is 4. The van der Waals surface area contributed by atoms with E-state index < -0.39 is 6.10 Å². The molecule has 1 saturated carbocycles. The summed E-state index contributed by atoms with van der Waals surface area (Å²) in [5.41, 5.74) is 1.37. The minimum Gasteiger partial charge on any atom is -0.506 e. The van der Waals surface area contributed by atoms with Gasteiger partial charge in [0, 0.05) is 36.3 Å². The van der Waals surface area contributed by atoms with Crippen LogP contribution in [0.3, 0.4) is 0 Å². The number of carbonyl (C=O) groups is 1. The second kappa shape index (κ2) is 8.56. The van der Waals surface area contributed by atoms with Crippen LogP contribution in [0.15, 0.2) is 48.8 Å². The van der Waals surface area contributed by atoms with Crippen molar-refractivity contribution in [1.29, 1.82) is 0 Å². The lowest BCUT2D eigenvalue weighted by Crippen LogP contribution is -2.42. The first kappa shape index (κ1) is 21.5. The fourth-order valence-electron chi connectivity index (χ4n) is 5.21. The van der Waals surface area contributed by atoms with E-state index in [4.69, 9.17) is 9.47 Å². The van der Waals surface area contributed by atoms with Crippen molar-refractivity contribution in [3.63, 3.8) is 0 Å². The SMILES string of the molecule is COc1cc(C)ccc1O[C@@H]1C[C@@H]2CN(C(=O)c3ccc4cnccc4c3O)C[C@@H]2C[C@H]1O. The van der Waals surface area contributed by atoms with Crippen LogP contribution in [-0.4, -0.2) is 58.4 Å². The van der Waals surface area contributed by atoms with E-state index >= 15 is 0 Å². The van der Waals surface area contributed by atoms with Crippen molar-refractivity contribution < 1.29 is 24.5 Å². The fourth-order valence-corrected chi connectivity index (χ4v) is 5.21. The van der Waals surface area contributed by atoms with Gasteiger partial charge in [0.25, 0.3) is 5.91 Å². The van der Waals surface area contributed by atoms with Gasteiger partial charge in [0.1, 0.15) is 11.9 Å². The van der Waals surface area contributed by atoms with E-state index in [1.165, 1.54) is 0 Å². The Labute approximate surface area is 192 Å². The third-order valence-corrected chi connectivity index (χ3v) is 6.99. The Morgan fingerprint density at radius 1 is 1.09 bits per heavy atom. The van der Waals surface area contributed by atoms with Gasteiger partial charge in [-0.2, -0.15) is 0 Å². The van der Waals surface area contributed by atoms with Crippen LogP contribution in [0.25, 0.3) is 10.8 Å². The molecule has 1 aliphatic carbocycles. The van der Waals surface area contributed by atoms with Crippen molar-refractivity contribution in [3.8, 4) is 17.2 Å². The van der Waals surface area contributed by atoms with Gasteiger partial charge < -0.3 is 24.6 Å². The zero-order valence-corrected chi connectivity index (χ0v) is 18.8. The zero-order chi connectivity index (χ0) is 23.1. The maximum Gasteiger partial charge on any atom is 0.257 e. The van der Waals surface area contributed by atoms with E-state index in [-0.39, 0.29) is 29.6 Å². The summed E-state index contributed by atoms with van der Waals surface area (Å²) in [4.78, 5) is 19.1. The molecule has 1 saturated heterocycles. The van der Waals surface area contributed by atoms with Gasteiger partial charge in [-0.25, -0.2) is 0 Å². The second-order valence-electron chi connectivity index (χ2n) is 9.14. The van der Waals surface area contributed by atoms with Gasteiger partial charge in [-0.05, 0) is 61.4 Å². The minimum absolute atomic E-state index is 0.0116.